The Labute approximate surface area is 129 Å². The topological polar surface area (TPSA) is 80.0 Å². The van der Waals surface area contributed by atoms with Gasteiger partial charge in [-0.05, 0) is 47.5 Å². The third kappa shape index (κ3) is 3.36. The van der Waals surface area contributed by atoms with Crippen molar-refractivity contribution >= 4 is 39.0 Å². The van der Waals surface area contributed by atoms with E-state index in [0.29, 0.717) is 17.9 Å². The van der Waals surface area contributed by atoms with Crippen molar-refractivity contribution in [2.75, 3.05) is 5.43 Å². The maximum atomic E-state index is 12.2. The van der Waals surface area contributed by atoms with Crippen LogP contribution < -0.4 is 16.6 Å². The Morgan fingerprint density at radius 3 is 2.80 bits per heavy atom. The van der Waals surface area contributed by atoms with Crippen molar-refractivity contribution in [3.63, 3.8) is 0 Å². The number of pyridine rings is 1. The van der Waals surface area contributed by atoms with Crippen LogP contribution in [0.5, 0.6) is 0 Å². The van der Waals surface area contributed by atoms with E-state index in [9.17, 15) is 4.79 Å². The summed E-state index contributed by atoms with van der Waals surface area (Å²) in [6, 6.07) is 3.77. The number of halogens is 1. The van der Waals surface area contributed by atoms with Crippen LogP contribution in [0.2, 0.25) is 0 Å². The zero-order valence-electron chi connectivity index (χ0n) is 11.2. The standard InChI is InChI=1S/C13H15BrN4OS/c1-7-3-10(20-8(7)2)6-17-13(19)11-4-9(14)5-16-12(11)18-15/h3-5H,6,15H2,1-2H3,(H,16,18)(H,17,19). The highest BCUT2D eigenvalue weighted by molar-refractivity contribution is 9.10. The van der Waals surface area contributed by atoms with Gasteiger partial charge in [-0.2, -0.15) is 0 Å². The highest BCUT2D eigenvalue weighted by Gasteiger charge is 2.13. The number of nitrogens with zero attached hydrogens (tertiary/aromatic N) is 1. The van der Waals surface area contributed by atoms with Gasteiger partial charge in [-0.1, -0.05) is 0 Å². The van der Waals surface area contributed by atoms with E-state index in [0.717, 1.165) is 9.35 Å². The number of hydrazine groups is 1. The molecule has 106 valence electrons. The Kier molecular flexibility index (Phi) is 4.74. The number of hydrogen-bond donors (Lipinski definition) is 3. The number of nitrogen functional groups attached to an aromatic ring is 1. The fourth-order valence-electron chi connectivity index (χ4n) is 1.73. The zero-order chi connectivity index (χ0) is 14.7. The predicted octanol–water partition coefficient (Wildman–Crippen LogP) is 2.74. The number of aryl methyl sites for hydroxylation is 2. The van der Waals surface area contributed by atoms with Crippen LogP contribution in [0.15, 0.2) is 22.8 Å². The van der Waals surface area contributed by atoms with Crippen LogP contribution in [0.4, 0.5) is 5.82 Å². The minimum absolute atomic E-state index is 0.213. The SMILES string of the molecule is Cc1cc(CNC(=O)c2cc(Br)cnc2NN)sc1C. The Bertz CT molecular complexity index is 622. The van der Waals surface area contributed by atoms with Crippen LogP contribution in [0, 0.1) is 13.8 Å². The predicted molar refractivity (Wildman–Crippen MR) is 84.7 cm³/mol. The van der Waals surface area contributed by atoms with Crippen molar-refractivity contribution in [3.05, 3.63) is 43.7 Å². The molecule has 2 heterocycles. The second-order valence-electron chi connectivity index (χ2n) is 4.33. The van der Waals surface area contributed by atoms with E-state index in [2.05, 4.69) is 51.6 Å². The lowest BCUT2D eigenvalue weighted by Crippen LogP contribution is -2.25. The molecule has 0 unspecified atom stereocenters. The van der Waals surface area contributed by atoms with Gasteiger partial charge in [-0.3, -0.25) is 4.79 Å². The van der Waals surface area contributed by atoms with E-state index in [1.807, 2.05) is 0 Å². The van der Waals surface area contributed by atoms with E-state index in [-0.39, 0.29) is 5.91 Å². The maximum Gasteiger partial charge on any atom is 0.255 e. The number of hydrogen-bond acceptors (Lipinski definition) is 5. The van der Waals surface area contributed by atoms with Crippen molar-refractivity contribution in [2.24, 2.45) is 5.84 Å². The number of thiophene rings is 1. The van der Waals surface area contributed by atoms with Crippen LogP contribution in [0.3, 0.4) is 0 Å². The molecule has 0 aliphatic carbocycles. The van der Waals surface area contributed by atoms with Crippen molar-refractivity contribution in [2.45, 2.75) is 20.4 Å². The lowest BCUT2D eigenvalue weighted by Gasteiger charge is -2.08. The van der Waals surface area contributed by atoms with Gasteiger partial charge in [0.05, 0.1) is 12.1 Å². The van der Waals surface area contributed by atoms with Gasteiger partial charge in [0.25, 0.3) is 5.91 Å². The summed E-state index contributed by atoms with van der Waals surface area (Å²) >= 11 is 4.98. The summed E-state index contributed by atoms with van der Waals surface area (Å²) in [6.45, 7) is 4.63. The highest BCUT2D eigenvalue weighted by Crippen LogP contribution is 2.21. The summed E-state index contributed by atoms with van der Waals surface area (Å²) < 4.78 is 0.726. The summed E-state index contributed by atoms with van der Waals surface area (Å²) in [4.78, 5) is 18.6. The van der Waals surface area contributed by atoms with Gasteiger partial charge >= 0.3 is 0 Å². The molecule has 0 aliphatic rings. The molecule has 0 saturated carbocycles. The van der Waals surface area contributed by atoms with E-state index >= 15 is 0 Å². The molecule has 5 nitrogen and oxygen atoms in total. The van der Waals surface area contributed by atoms with Crippen molar-refractivity contribution in [3.8, 4) is 0 Å². The molecule has 20 heavy (non-hydrogen) atoms. The lowest BCUT2D eigenvalue weighted by atomic mass is 10.2. The van der Waals surface area contributed by atoms with Crippen molar-refractivity contribution in [1.29, 1.82) is 0 Å². The first-order valence-electron chi connectivity index (χ1n) is 5.97. The second-order valence-corrected chi connectivity index (χ2v) is 6.59. The third-order valence-corrected chi connectivity index (χ3v) is 4.46. The summed E-state index contributed by atoms with van der Waals surface area (Å²) in [6.07, 6.45) is 1.58. The molecular formula is C13H15BrN4OS. The molecular weight excluding hydrogens is 340 g/mol. The summed E-state index contributed by atoms with van der Waals surface area (Å²) in [5.74, 6) is 5.50. The average Bonchev–Trinajstić information content (AvgIpc) is 2.75. The largest absolute Gasteiger partial charge is 0.347 e. The fraction of sp³-hybridized carbons (Fsp3) is 0.231. The Morgan fingerprint density at radius 2 is 2.20 bits per heavy atom. The molecule has 4 N–H and O–H groups in total. The van der Waals surface area contributed by atoms with Gasteiger partial charge in [0.1, 0.15) is 0 Å². The zero-order valence-corrected chi connectivity index (χ0v) is 13.6. The number of amides is 1. The van der Waals surface area contributed by atoms with Gasteiger partial charge in [0.15, 0.2) is 5.82 Å². The fourth-order valence-corrected chi connectivity index (χ4v) is 3.05. The molecule has 2 aromatic heterocycles. The number of nitrogens with two attached hydrogens (primary N) is 1. The van der Waals surface area contributed by atoms with Crippen LogP contribution in [-0.4, -0.2) is 10.9 Å². The average molecular weight is 355 g/mol. The minimum Gasteiger partial charge on any atom is -0.347 e. The van der Waals surface area contributed by atoms with Crippen LogP contribution >= 0.6 is 27.3 Å². The number of rotatable bonds is 4. The normalized spacial score (nSPS) is 10.4. The molecule has 2 rings (SSSR count). The van der Waals surface area contributed by atoms with E-state index < -0.39 is 0 Å². The van der Waals surface area contributed by atoms with Crippen molar-refractivity contribution < 1.29 is 4.79 Å². The molecule has 0 radical (unpaired) electrons. The van der Waals surface area contributed by atoms with Crippen molar-refractivity contribution in [1.82, 2.24) is 10.3 Å². The van der Waals surface area contributed by atoms with Gasteiger partial charge in [-0.15, -0.1) is 11.3 Å². The van der Waals surface area contributed by atoms with Gasteiger partial charge in [0.2, 0.25) is 0 Å². The van der Waals surface area contributed by atoms with Gasteiger partial charge in [0, 0.05) is 20.4 Å². The van der Waals surface area contributed by atoms with Crippen LogP contribution in [-0.2, 0) is 6.54 Å². The summed E-state index contributed by atoms with van der Waals surface area (Å²) in [7, 11) is 0. The highest BCUT2D eigenvalue weighted by atomic mass is 79.9. The monoisotopic (exact) mass is 354 g/mol. The molecule has 1 amide bonds. The number of carbonyl (C=O) groups is 1. The quantitative estimate of drug-likeness (QED) is 0.582. The lowest BCUT2D eigenvalue weighted by molar-refractivity contribution is 0.0951. The molecule has 0 bridgehead atoms. The number of carbonyl (C=O) groups excluding carboxylic acids is 1. The van der Waals surface area contributed by atoms with Gasteiger partial charge in [-0.25, -0.2) is 10.8 Å². The Hall–Kier alpha value is -1.44. The van der Waals surface area contributed by atoms with Gasteiger partial charge < -0.3 is 10.7 Å². The maximum absolute atomic E-state index is 12.2. The van der Waals surface area contributed by atoms with E-state index in [4.69, 9.17) is 5.84 Å². The van der Waals surface area contributed by atoms with Crippen LogP contribution in [0.25, 0.3) is 0 Å². The smallest absolute Gasteiger partial charge is 0.255 e. The molecule has 0 fully saturated rings. The minimum atomic E-state index is -0.213. The molecule has 0 atom stereocenters. The molecule has 0 aromatic carbocycles. The first-order valence-corrected chi connectivity index (χ1v) is 7.58. The molecule has 0 spiro atoms. The molecule has 0 saturated heterocycles. The third-order valence-electron chi connectivity index (χ3n) is 2.88. The Balaban J connectivity index is 2.10. The molecule has 2 aromatic rings. The van der Waals surface area contributed by atoms with Crippen LogP contribution in [0.1, 0.15) is 25.7 Å². The number of anilines is 1. The second kappa shape index (κ2) is 6.34. The number of aromatic nitrogens is 1. The molecule has 0 aliphatic heterocycles. The van der Waals surface area contributed by atoms with E-state index in [1.165, 1.54) is 10.4 Å². The van der Waals surface area contributed by atoms with E-state index in [1.54, 1.807) is 23.6 Å². The Morgan fingerprint density at radius 1 is 1.45 bits per heavy atom. The summed E-state index contributed by atoms with van der Waals surface area (Å²) in [5, 5.41) is 2.87. The summed E-state index contributed by atoms with van der Waals surface area (Å²) in [5.41, 5.74) is 4.08. The number of nitrogens with one attached hydrogen (secondary N) is 2. The molecule has 7 heteroatoms. The first-order chi connectivity index (χ1) is 9.51. The first kappa shape index (κ1) is 15.0.